The normalized spacial score (nSPS) is 10.5. The van der Waals surface area contributed by atoms with E-state index in [9.17, 15) is 4.79 Å². The largest absolute Gasteiger partial charge is 0.359 e. The van der Waals surface area contributed by atoms with Crippen LogP contribution in [0.1, 0.15) is 21.7 Å². The number of rotatable bonds is 4. The highest BCUT2D eigenvalue weighted by Gasteiger charge is 2.08. The molecular weight excluding hydrogens is 232 g/mol. The van der Waals surface area contributed by atoms with Gasteiger partial charge in [0, 0.05) is 11.9 Å². The lowest BCUT2D eigenvalue weighted by atomic mass is 10.3. The van der Waals surface area contributed by atoms with Crippen molar-refractivity contribution < 1.29 is 4.79 Å². The third-order valence-electron chi connectivity index (χ3n) is 2.32. The Kier molecular flexibility index (Phi) is 3.64. The van der Waals surface area contributed by atoms with Crippen LogP contribution in [0, 0.1) is 13.8 Å². The molecule has 0 spiro atoms. The fraction of sp³-hybridized carbons (Fsp3) is 0.231. The number of aromatic nitrogens is 2. The Morgan fingerprint density at radius 1 is 1.41 bits per heavy atom. The summed E-state index contributed by atoms with van der Waals surface area (Å²) in [6.07, 6.45) is 1.76. The fourth-order valence-corrected chi connectivity index (χ4v) is 2.51. The quantitative estimate of drug-likeness (QED) is 0.666. The van der Waals surface area contributed by atoms with Gasteiger partial charge >= 0.3 is 0 Å². The van der Waals surface area contributed by atoms with E-state index in [0.29, 0.717) is 11.4 Å². The summed E-state index contributed by atoms with van der Waals surface area (Å²) < 4.78 is 0. The third-order valence-corrected chi connectivity index (χ3v) is 3.24. The molecule has 2 heterocycles. The summed E-state index contributed by atoms with van der Waals surface area (Å²) in [5, 5.41) is 0.905. The number of ketones is 1. The summed E-state index contributed by atoms with van der Waals surface area (Å²) in [6, 6.07) is 7.64. The Hall–Kier alpha value is -1.55. The molecular formula is C13H14N2OS. The lowest BCUT2D eigenvalue weighted by molar-refractivity contribution is 0.101. The molecule has 0 atom stereocenters. The predicted octanol–water partition coefficient (Wildman–Crippen LogP) is 3.00. The molecule has 0 aliphatic rings. The molecule has 0 aromatic carbocycles. The summed E-state index contributed by atoms with van der Waals surface area (Å²) in [4.78, 5) is 19.1. The van der Waals surface area contributed by atoms with Gasteiger partial charge in [0.1, 0.15) is 0 Å². The second-order valence-corrected chi connectivity index (χ2v) is 4.92. The van der Waals surface area contributed by atoms with Crippen molar-refractivity contribution in [2.24, 2.45) is 0 Å². The highest BCUT2D eigenvalue weighted by atomic mass is 32.2. The molecule has 4 heteroatoms. The van der Waals surface area contributed by atoms with Gasteiger partial charge in [-0.05, 0) is 43.7 Å². The summed E-state index contributed by atoms with van der Waals surface area (Å²) in [5.74, 6) is 0.511. The van der Waals surface area contributed by atoms with E-state index in [-0.39, 0.29) is 5.78 Å². The molecule has 0 saturated heterocycles. The smallest absolute Gasteiger partial charge is 0.189 e. The Bertz CT molecular complexity index is 500. The van der Waals surface area contributed by atoms with Gasteiger partial charge in [0.15, 0.2) is 5.78 Å². The lowest BCUT2D eigenvalue weighted by Gasteiger charge is -2.02. The first-order chi connectivity index (χ1) is 8.15. The van der Waals surface area contributed by atoms with Gasteiger partial charge in [-0.25, -0.2) is 4.98 Å². The molecule has 0 aliphatic heterocycles. The maximum Gasteiger partial charge on any atom is 0.189 e. The van der Waals surface area contributed by atoms with Crippen LogP contribution in [0.2, 0.25) is 0 Å². The zero-order valence-electron chi connectivity index (χ0n) is 9.86. The van der Waals surface area contributed by atoms with Gasteiger partial charge in [-0.2, -0.15) is 0 Å². The third kappa shape index (κ3) is 3.20. The SMILES string of the molecule is Cc1cc(C)nc(SCC(=O)c2ccc[nH]2)c1. The molecule has 3 nitrogen and oxygen atoms in total. The zero-order valence-corrected chi connectivity index (χ0v) is 10.7. The molecule has 2 aromatic heterocycles. The molecule has 0 saturated carbocycles. The van der Waals surface area contributed by atoms with Crippen molar-refractivity contribution in [1.29, 1.82) is 0 Å². The van der Waals surface area contributed by atoms with Crippen molar-refractivity contribution in [2.75, 3.05) is 5.75 Å². The molecule has 2 aromatic rings. The number of carbonyl (C=O) groups is 1. The number of pyridine rings is 1. The minimum atomic E-state index is 0.0981. The van der Waals surface area contributed by atoms with Gasteiger partial charge in [0.25, 0.3) is 0 Å². The van der Waals surface area contributed by atoms with E-state index >= 15 is 0 Å². The first-order valence-corrected chi connectivity index (χ1v) is 6.38. The summed E-state index contributed by atoms with van der Waals surface area (Å²) in [5.41, 5.74) is 2.81. The second-order valence-electron chi connectivity index (χ2n) is 3.92. The maximum absolute atomic E-state index is 11.8. The molecule has 0 aliphatic carbocycles. The molecule has 0 fully saturated rings. The summed E-state index contributed by atoms with van der Waals surface area (Å²) >= 11 is 1.47. The minimum Gasteiger partial charge on any atom is -0.359 e. The van der Waals surface area contributed by atoms with Crippen LogP contribution in [0.25, 0.3) is 0 Å². The Labute approximate surface area is 105 Å². The number of Topliss-reactive ketones (excluding diaryl/α,β-unsaturated/α-hetero) is 1. The molecule has 0 bridgehead atoms. The number of hydrogen-bond acceptors (Lipinski definition) is 3. The highest BCUT2D eigenvalue weighted by molar-refractivity contribution is 7.99. The average Bonchev–Trinajstić information content (AvgIpc) is 2.78. The van der Waals surface area contributed by atoms with E-state index in [0.717, 1.165) is 10.7 Å². The molecule has 2 rings (SSSR count). The molecule has 17 heavy (non-hydrogen) atoms. The molecule has 0 radical (unpaired) electrons. The van der Waals surface area contributed by atoms with Crippen LogP contribution in [0.15, 0.2) is 35.5 Å². The number of carbonyl (C=O) groups excluding carboxylic acids is 1. The number of nitrogens with one attached hydrogen (secondary N) is 1. The van der Waals surface area contributed by atoms with Gasteiger partial charge in [0.05, 0.1) is 16.5 Å². The van der Waals surface area contributed by atoms with E-state index in [4.69, 9.17) is 0 Å². The van der Waals surface area contributed by atoms with Crippen LogP contribution in [0.4, 0.5) is 0 Å². The van der Waals surface area contributed by atoms with Gasteiger partial charge < -0.3 is 4.98 Å². The van der Waals surface area contributed by atoms with Crippen molar-refractivity contribution in [3.63, 3.8) is 0 Å². The van der Waals surface area contributed by atoms with Gasteiger partial charge in [0.2, 0.25) is 0 Å². The highest BCUT2D eigenvalue weighted by Crippen LogP contribution is 2.18. The average molecular weight is 246 g/mol. The van der Waals surface area contributed by atoms with E-state index in [1.807, 2.05) is 32.0 Å². The monoisotopic (exact) mass is 246 g/mol. The first-order valence-electron chi connectivity index (χ1n) is 5.40. The standard InChI is InChI=1S/C13H14N2OS/c1-9-6-10(2)15-13(7-9)17-8-12(16)11-4-3-5-14-11/h3-7,14H,8H2,1-2H3. The van der Waals surface area contributed by atoms with Crippen LogP contribution in [-0.2, 0) is 0 Å². The maximum atomic E-state index is 11.8. The zero-order chi connectivity index (χ0) is 12.3. The van der Waals surface area contributed by atoms with Crippen LogP contribution >= 0.6 is 11.8 Å². The van der Waals surface area contributed by atoms with Crippen LogP contribution in [0.3, 0.4) is 0 Å². The molecule has 0 unspecified atom stereocenters. The number of aryl methyl sites for hydroxylation is 2. The van der Waals surface area contributed by atoms with Crippen LogP contribution in [0.5, 0.6) is 0 Å². The number of aromatic amines is 1. The van der Waals surface area contributed by atoms with E-state index in [1.54, 1.807) is 12.3 Å². The fourth-order valence-electron chi connectivity index (χ4n) is 1.60. The molecule has 1 N–H and O–H groups in total. The number of nitrogens with zero attached hydrogens (tertiary/aromatic N) is 1. The Morgan fingerprint density at radius 2 is 2.24 bits per heavy atom. The van der Waals surface area contributed by atoms with Gasteiger partial charge in [-0.1, -0.05) is 11.8 Å². The van der Waals surface area contributed by atoms with Crippen molar-refractivity contribution in [2.45, 2.75) is 18.9 Å². The Balaban J connectivity index is 2.00. The van der Waals surface area contributed by atoms with Crippen LogP contribution in [-0.4, -0.2) is 21.5 Å². The van der Waals surface area contributed by atoms with E-state index in [1.165, 1.54) is 17.3 Å². The number of H-pyrrole nitrogens is 1. The predicted molar refractivity (Wildman–Crippen MR) is 69.6 cm³/mol. The second kappa shape index (κ2) is 5.19. The van der Waals surface area contributed by atoms with Crippen molar-refractivity contribution in [3.05, 3.63) is 47.4 Å². The molecule has 88 valence electrons. The van der Waals surface area contributed by atoms with Crippen molar-refractivity contribution in [3.8, 4) is 0 Å². The summed E-state index contributed by atoms with van der Waals surface area (Å²) in [6.45, 7) is 4.00. The van der Waals surface area contributed by atoms with E-state index in [2.05, 4.69) is 9.97 Å². The lowest BCUT2D eigenvalue weighted by Crippen LogP contribution is -2.03. The summed E-state index contributed by atoms with van der Waals surface area (Å²) in [7, 11) is 0. The number of hydrogen-bond donors (Lipinski definition) is 1. The van der Waals surface area contributed by atoms with Crippen molar-refractivity contribution in [1.82, 2.24) is 9.97 Å². The minimum absolute atomic E-state index is 0.0981. The topological polar surface area (TPSA) is 45.8 Å². The van der Waals surface area contributed by atoms with Gasteiger partial charge in [-0.3, -0.25) is 4.79 Å². The first kappa shape index (κ1) is 11.9. The van der Waals surface area contributed by atoms with Crippen molar-refractivity contribution >= 4 is 17.5 Å². The number of thioether (sulfide) groups is 1. The van der Waals surface area contributed by atoms with Crippen LogP contribution < -0.4 is 0 Å². The Morgan fingerprint density at radius 3 is 2.88 bits per heavy atom. The van der Waals surface area contributed by atoms with Gasteiger partial charge in [-0.15, -0.1) is 0 Å². The van der Waals surface area contributed by atoms with E-state index < -0.39 is 0 Å². The molecule has 0 amide bonds.